The zero-order chi connectivity index (χ0) is 21.4. The van der Waals surface area contributed by atoms with Crippen molar-refractivity contribution in [1.82, 2.24) is 9.88 Å². The molecule has 4 rings (SSSR count). The highest BCUT2D eigenvalue weighted by molar-refractivity contribution is 7.93. The molecule has 4 heterocycles. The van der Waals surface area contributed by atoms with Crippen molar-refractivity contribution in [3.05, 3.63) is 45.9 Å². The van der Waals surface area contributed by atoms with Crippen molar-refractivity contribution in [2.45, 2.75) is 44.2 Å². The molecule has 2 saturated heterocycles. The second-order valence-corrected chi connectivity index (χ2v) is 11.7. The van der Waals surface area contributed by atoms with E-state index in [1.807, 2.05) is 37.7 Å². The van der Waals surface area contributed by atoms with Crippen LogP contribution in [0.3, 0.4) is 0 Å². The van der Waals surface area contributed by atoms with Crippen molar-refractivity contribution in [2.75, 3.05) is 18.1 Å². The number of aryl methyl sites for hydroxylation is 2. The highest BCUT2D eigenvalue weighted by Crippen LogP contribution is 2.36. The topological polar surface area (TPSA) is 89.8 Å². The number of nitrogens with one attached hydrogen (secondary N) is 1. The Balaban J connectivity index is 1.41. The molecule has 0 aliphatic carbocycles. The van der Waals surface area contributed by atoms with Crippen LogP contribution in [-0.2, 0) is 21.5 Å². The summed E-state index contributed by atoms with van der Waals surface area (Å²) in [6.45, 7) is 2.42. The average Bonchev–Trinajstić information content (AvgIpc) is 3.33. The number of rotatable bonds is 3. The van der Waals surface area contributed by atoms with Crippen molar-refractivity contribution < 1.29 is 18.5 Å². The smallest absolute Gasteiger partial charge is 0.295 e. The van der Waals surface area contributed by atoms with Gasteiger partial charge in [0.05, 0.1) is 20.2 Å². The van der Waals surface area contributed by atoms with Gasteiger partial charge in [0.15, 0.2) is 0 Å². The third-order valence-electron chi connectivity index (χ3n) is 6.06. The first-order chi connectivity index (χ1) is 14.3. The van der Waals surface area contributed by atoms with Gasteiger partial charge in [-0.2, -0.15) is 4.36 Å². The Morgan fingerprint density at radius 3 is 2.73 bits per heavy atom. The first kappa shape index (κ1) is 21.3. The van der Waals surface area contributed by atoms with Crippen LogP contribution >= 0.6 is 11.3 Å². The molecule has 30 heavy (non-hydrogen) atoms. The van der Waals surface area contributed by atoms with Gasteiger partial charge in [-0.05, 0) is 61.7 Å². The standard InChI is InChI=1S/C21H27N3O4S2/c1-15-6-11-29-18(15)20(26)23-30(27)12-7-21(8-13-30)14-16(5-10-28-21)22-19(25)17-4-3-9-24(17)2/h3-4,6,9,11,16H,5,7-8,10,12-14H2,1-2H3,(H,22,25). The highest BCUT2D eigenvalue weighted by Gasteiger charge is 2.42. The summed E-state index contributed by atoms with van der Waals surface area (Å²) in [4.78, 5) is 25.6. The van der Waals surface area contributed by atoms with Crippen molar-refractivity contribution >= 4 is 32.9 Å². The monoisotopic (exact) mass is 449 g/mol. The Bertz CT molecular complexity index is 1060. The maximum Gasteiger partial charge on any atom is 0.295 e. The van der Waals surface area contributed by atoms with Gasteiger partial charge in [-0.3, -0.25) is 9.59 Å². The second kappa shape index (κ2) is 8.28. The first-order valence-electron chi connectivity index (χ1n) is 10.2. The average molecular weight is 450 g/mol. The molecule has 7 nitrogen and oxygen atoms in total. The zero-order valence-electron chi connectivity index (χ0n) is 17.3. The minimum Gasteiger partial charge on any atom is -0.375 e. The van der Waals surface area contributed by atoms with Crippen molar-refractivity contribution in [3.63, 3.8) is 0 Å². The number of nitrogens with zero attached hydrogens (tertiary/aromatic N) is 2. The van der Waals surface area contributed by atoms with E-state index >= 15 is 0 Å². The van der Waals surface area contributed by atoms with E-state index in [0.717, 1.165) is 12.0 Å². The summed E-state index contributed by atoms with van der Waals surface area (Å²) in [7, 11) is -0.730. The predicted molar refractivity (Wildman–Crippen MR) is 118 cm³/mol. The van der Waals surface area contributed by atoms with Gasteiger partial charge in [-0.15, -0.1) is 11.3 Å². The number of hydrogen-bond donors (Lipinski definition) is 1. The van der Waals surface area contributed by atoms with E-state index in [0.29, 0.717) is 47.9 Å². The molecule has 1 spiro atoms. The van der Waals surface area contributed by atoms with Crippen LogP contribution in [-0.4, -0.2) is 50.3 Å². The minimum absolute atomic E-state index is 0.0163. The van der Waals surface area contributed by atoms with Crippen LogP contribution < -0.4 is 5.32 Å². The molecular formula is C21H27N3O4S2. The Kier molecular flexibility index (Phi) is 5.87. The molecule has 2 aromatic heterocycles. The highest BCUT2D eigenvalue weighted by atomic mass is 32.2. The van der Waals surface area contributed by atoms with E-state index in [2.05, 4.69) is 9.68 Å². The number of ether oxygens (including phenoxy) is 1. The van der Waals surface area contributed by atoms with E-state index < -0.39 is 15.3 Å². The SMILES string of the molecule is Cc1ccsc1C(=O)N=S1(=O)CCC2(CC1)CC(NC(=O)c1cccn1C)CCO2. The van der Waals surface area contributed by atoms with Crippen LogP contribution in [0.2, 0.25) is 0 Å². The van der Waals surface area contributed by atoms with Gasteiger partial charge in [0, 0.05) is 37.4 Å². The molecule has 2 aliphatic rings. The molecule has 1 unspecified atom stereocenters. The number of carbonyl (C=O) groups is 2. The van der Waals surface area contributed by atoms with Crippen LogP contribution in [0.15, 0.2) is 34.1 Å². The summed E-state index contributed by atoms with van der Waals surface area (Å²) < 4.78 is 25.2. The van der Waals surface area contributed by atoms with Gasteiger partial charge < -0.3 is 14.6 Å². The maximum absolute atomic E-state index is 13.2. The molecule has 1 N–H and O–H groups in total. The fourth-order valence-electron chi connectivity index (χ4n) is 4.25. The Morgan fingerprint density at radius 2 is 2.10 bits per heavy atom. The molecule has 0 radical (unpaired) electrons. The van der Waals surface area contributed by atoms with E-state index in [1.54, 1.807) is 10.6 Å². The minimum atomic E-state index is -2.58. The van der Waals surface area contributed by atoms with Gasteiger partial charge in [0.25, 0.3) is 11.8 Å². The third kappa shape index (κ3) is 4.38. The fraction of sp³-hybridized carbons (Fsp3) is 0.524. The molecule has 2 aliphatic heterocycles. The van der Waals surface area contributed by atoms with Crippen LogP contribution in [0.1, 0.15) is 51.4 Å². The summed E-state index contributed by atoms with van der Waals surface area (Å²) in [5.41, 5.74) is 1.10. The van der Waals surface area contributed by atoms with Crippen LogP contribution in [0.5, 0.6) is 0 Å². The normalized spacial score (nSPS) is 28.9. The Labute approximate surface area is 181 Å². The van der Waals surface area contributed by atoms with Crippen molar-refractivity contribution in [2.24, 2.45) is 11.4 Å². The number of carbonyl (C=O) groups excluding carboxylic acids is 2. The van der Waals surface area contributed by atoms with Gasteiger partial charge in [-0.1, -0.05) is 0 Å². The fourth-order valence-corrected chi connectivity index (χ4v) is 7.28. The van der Waals surface area contributed by atoms with Crippen LogP contribution in [0, 0.1) is 6.92 Å². The molecule has 162 valence electrons. The summed E-state index contributed by atoms with van der Waals surface area (Å²) >= 11 is 1.34. The number of aromatic nitrogens is 1. The largest absolute Gasteiger partial charge is 0.375 e. The quantitative estimate of drug-likeness (QED) is 0.780. The number of thiophene rings is 1. The summed E-state index contributed by atoms with van der Waals surface area (Å²) in [6.07, 6.45) is 4.47. The lowest BCUT2D eigenvalue weighted by molar-refractivity contribution is -0.0925. The van der Waals surface area contributed by atoms with Crippen molar-refractivity contribution in [1.29, 1.82) is 0 Å². The van der Waals surface area contributed by atoms with Gasteiger partial charge in [0.1, 0.15) is 5.69 Å². The second-order valence-electron chi connectivity index (χ2n) is 8.21. The summed E-state index contributed by atoms with van der Waals surface area (Å²) in [5, 5.41) is 4.97. The Hall–Kier alpha value is -1.97. The van der Waals surface area contributed by atoms with Gasteiger partial charge >= 0.3 is 0 Å². The van der Waals surface area contributed by atoms with Gasteiger partial charge in [-0.25, -0.2) is 4.21 Å². The zero-order valence-corrected chi connectivity index (χ0v) is 18.9. The Morgan fingerprint density at radius 1 is 1.33 bits per heavy atom. The van der Waals surface area contributed by atoms with E-state index in [9.17, 15) is 13.8 Å². The predicted octanol–water partition coefficient (Wildman–Crippen LogP) is 3.14. The molecule has 1 atom stereocenters. The number of amides is 2. The summed E-state index contributed by atoms with van der Waals surface area (Å²) in [5.74, 6) is 0.236. The van der Waals surface area contributed by atoms with Gasteiger partial charge in [0.2, 0.25) is 0 Å². The van der Waals surface area contributed by atoms with E-state index in [-0.39, 0.29) is 17.9 Å². The van der Waals surface area contributed by atoms with Crippen LogP contribution in [0.4, 0.5) is 0 Å². The lowest BCUT2D eigenvalue weighted by Crippen LogP contribution is -2.52. The molecule has 2 aromatic rings. The van der Waals surface area contributed by atoms with Crippen LogP contribution in [0.25, 0.3) is 0 Å². The molecule has 2 amide bonds. The molecule has 0 saturated carbocycles. The maximum atomic E-state index is 13.2. The lowest BCUT2D eigenvalue weighted by Gasteiger charge is -2.44. The molecule has 2 fully saturated rings. The molecule has 0 aromatic carbocycles. The van der Waals surface area contributed by atoms with E-state index in [1.165, 1.54) is 11.3 Å². The summed E-state index contributed by atoms with van der Waals surface area (Å²) in [6, 6.07) is 5.53. The lowest BCUT2D eigenvalue weighted by atomic mass is 9.85. The molecular weight excluding hydrogens is 422 g/mol. The molecule has 0 bridgehead atoms. The van der Waals surface area contributed by atoms with E-state index in [4.69, 9.17) is 4.74 Å². The van der Waals surface area contributed by atoms with Crippen molar-refractivity contribution in [3.8, 4) is 0 Å². The number of hydrogen-bond acceptors (Lipinski definition) is 5. The third-order valence-corrected chi connectivity index (χ3v) is 9.25. The molecule has 9 heteroatoms. The first-order valence-corrected chi connectivity index (χ1v) is 12.9.